The van der Waals surface area contributed by atoms with Gasteiger partial charge in [-0.1, -0.05) is 19.3 Å². The van der Waals surface area contributed by atoms with E-state index >= 15 is 0 Å². The molecule has 104 valence electrons. The summed E-state index contributed by atoms with van der Waals surface area (Å²) in [5.41, 5.74) is 6.49. The van der Waals surface area contributed by atoms with E-state index in [0.717, 1.165) is 12.8 Å². The molecule has 0 aliphatic heterocycles. The van der Waals surface area contributed by atoms with Crippen molar-refractivity contribution in [1.29, 1.82) is 0 Å². The van der Waals surface area contributed by atoms with Gasteiger partial charge in [0.25, 0.3) is 5.91 Å². The van der Waals surface area contributed by atoms with Crippen molar-refractivity contribution in [3.05, 3.63) is 24.0 Å². The Balaban J connectivity index is 1.66. The third-order valence-electron chi connectivity index (χ3n) is 3.31. The summed E-state index contributed by atoms with van der Waals surface area (Å²) < 4.78 is 5.73. The van der Waals surface area contributed by atoms with Crippen LogP contribution in [-0.4, -0.2) is 30.1 Å². The highest BCUT2D eigenvalue weighted by atomic mass is 16.5. The Morgan fingerprint density at radius 2 is 2.21 bits per heavy atom. The molecule has 1 aliphatic carbocycles. The summed E-state index contributed by atoms with van der Waals surface area (Å²) in [6.45, 7) is 1.06. The van der Waals surface area contributed by atoms with Crippen LogP contribution in [-0.2, 0) is 4.74 Å². The van der Waals surface area contributed by atoms with Crippen LogP contribution in [0.3, 0.4) is 0 Å². The number of ether oxygens (including phenoxy) is 1. The number of hydrogen-bond donors (Lipinski definition) is 2. The molecule has 0 aromatic carbocycles. The molecule has 5 nitrogen and oxygen atoms in total. The number of carbonyl (C=O) groups excluding carboxylic acids is 1. The first-order chi connectivity index (χ1) is 9.25. The van der Waals surface area contributed by atoms with Crippen molar-refractivity contribution in [3.63, 3.8) is 0 Å². The van der Waals surface area contributed by atoms with E-state index in [1.165, 1.54) is 25.5 Å². The molecule has 5 heteroatoms. The van der Waals surface area contributed by atoms with Gasteiger partial charge in [-0.2, -0.15) is 0 Å². The zero-order chi connectivity index (χ0) is 13.5. The number of nitrogen functional groups attached to an aromatic ring is 1. The fraction of sp³-hybridized carbons (Fsp3) is 0.571. The maximum absolute atomic E-state index is 11.8. The molecule has 3 N–H and O–H groups in total. The van der Waals surface area contributed by atoms with Crippen molar-refractivity contribution in [2.24, 2.45) is 0 Å². The van der Waals surface area contributed by atoms with E-state index in [1.807, 2.05) is 0 Å². The number of nitrogens with two attached hydrogens (primary N) is 1. The van der Waals surface area contributed by atoms with Gasteiger partial charge in [0.2, 0.25) is 0 Å². The SMILES string of the molecule is Nc1ccnc(C(=O)NCCOC2CCCCC2)c1. The fourth-order valence-corrected chi connectivity index (χ4v) is 2.28. The van der Waals surface area contributed by atoms with E-state index < -0.39 is 0 Å². The molecule has 1 fully saturated rings. The molecule has 0 atom stereocenters. The Hall–Kier alpha value is -1.62. The Morgan fingerprint density at radius 3 is 2.95 bits per heavy atom. The van der Waals surface area contributed by atoms with Crippen LogP contribution < -0.4 is 11.1 Å². The van der Waals surface area contributed by atoms with Gasteiger partial charge in [-0.15, -0.1) is 0 Å². The molecule has 1 saturated carbocycles. The molecule has 1 amide bonds. The van der Waals surface area contributed by atoms with Gasteiger partial charge in [-0.25, -0.2) is 0 Å². The van der Waals surface area contributed by atoms with Crippen LogP contribution in [0.4, 0.5) is 5.69 Å². The van der Waals surface area contributed by atoms with Crippen LogP contribution in [0.15, 0.2) is 18.3 Å². The molecule has 0 spiro atoms. The van der Waals surface area contributed by atoms with Crippen molar-refractivity contribution in [3.8, 4) is 0 Å². The average Bonchev–Trinajstić information content (AvgIpc) is 2.44. The third kappa shape index (κ3) is 4.52. The lowest BCUT2D eigenvalue weighted by Gasteiger charge is -2.21. The molecular formula is C14H21N3O2. The van der Waals surface area contributed by atoms with Gasteiger partial charge in [0.05, 0.1) is 12.7 Å². The molecule has 0 bridgehead atoms. The number of pyridine rings is 1. The van der Waals surface area contributed by atoms with Crippen molar-refractivity contribution < 1.29 is 9.53 Å². The predicted octanol–water partition coefficient (Wildman–Crippen LogP) is 1.74. The number of anilines is 1. The van der Waals surface area contributed by atoms with Gasteiger partial charge in [0, 0.05) is 18.4 Å². The molecule has 1 heterocycles. The van der Waals surface area contributed by atoms with Crippen LogP contribution >= 0.6 is 0 Å². The van der Waals surface area contributed by atoms with Gasteiger partial charge in [0.1, 0.15) is 5.69 Å². The third-order valence-corrected chi connectivity index (χ3v) is 3.31. The number of aromatic nitrogens is 1. The van der Waals surface area contributed by atoms with Crippen LogP contribution in [0.5, 0.6) is 0 Å². The molecule has 1 aromatic heterocycles. The van der Waals surface area contributed by atoms with Crippen LogP contribution in [0.2, 0.25) is 0 Å². The largest absolute Gasteiger partial charge is 0.399 e. The van der Waals surface area contributed by atoms with E-state index in [-0.39, 0.29) is 5.91 Å². The predicted molar refractivity (Wildman–Crippen MR) is 73.8 cm³/mol. The molecule has 0 radical (unpaired) electrons. The highest BCUT2D eigenvalue weighted by molar-refractivity contribution is 5.92. The number of carbonyl (C=O) groups is 1. The maximum atomic E-state index is 11.8. The number of amides is 1. The van der Waals surface area contributed by atoms with Gasteiger partial charge in [0.15, 0.2) is 0 Å². The minimum atomic E-state index is -0.209. The van der Waals surface area contributed by atoms with Crippen molar-refractivity contribution in [1.82, 2.24) is 10.3 Å². The standard InChI is InChI=1S/C14H21N3O2/c15-11-6-7-16-13(10-11)14(18)17-8-9-19-12-4-2-1-3-5-12/h6-7,10,12H,1-5,8-9H2,(H2,15,16)(H,17,18). The van der Waals surface area contributed by atoms with Crippen LogP contribution in [0.25, 0.3) is 0 Å². The lowest BCUT2D eigenvalue weighted by atomic mass is 9.98. The minimum absolute atomic E-state index is 0.209. The minimum Gasteiger partial charge on any atom is -0.399 e. The van der Waals surface area contributed by atoms with Crippen molar-refractivity contribution in [2.75, 3.05) is 18.9 Å². The summed E-state index contributed by atoms with van der Waals surface area (Å²) in [5, 5.41) is 2.78. The van der Waals surface area contributed by atoms with Crippen LogP contribution in [0.1, 0.15) is 42.6 Å². The van der Waals surface area contributed by atoms with E-state index in [0.29, 0.717) is 30.6 Å². The van der Waals surface area contributed by atoms with Gasteiger partial charge in [-0.05, 0) is 25.0 Å². The molecular weight excluding hydrogens is 242 g/mol. The first kappa shape index (κ1) is 13.8. The highest BCUT2D eigenvalue weighted by Gasteiger charge is 2.13. The van der Waals surface area contributed by atoms with Gasteiger partial charge in [-0.3, -0.25) is 9.78 Å². The summed E-state index contributed by atoms with van der Waals surface area (Å²) in [6.07, 6.45) is 8.01. The maximum Gasteiger partial charge on any atom is 0.270 e. The molecule has 0 saturated heterocycles. The Morgan fingerprint density at radius 1 is 1.42 bits per heavy atom. The quantitative estimate of drug-likeness (QED) is 0.793. The smallest absolute Gasteiger partial charge is 0.270 e. The van der Waals surface area contributed by atoms with Gasteiger partial charge >= 0.3 is 0 Å². The second-order valence-electron chi connectivity index (χ2n) is 4.86. The van der Waals surface area contributed by atoms with Crippen molar-refractivity contribution >= 4 is 11.6 Å². The Bertz CT molecular complexity index is 417. The second kappa shape index (κ2) is 7.09. The molecule has 1 aromatic rings. The monoisotopic (exact) mass is 263 g/mol. The lowest BCUT2D eigenvalue weighted by molar-refractivity contribution is 0.0299. The summed E-state index contributed by atoms with van der Waals surface area (Å²) in [5.74, 6) is -0.209. The number of nitrogens with zero attached hydrogens (tertiary/aromatic N) is 1. The molecule has 1 aliphatic rings. The highest BCUT2D eigenvalue weighted by Crippen LogP contribution is 2.19. The lowest BCUT2D eigenvalue weighted by Crippen LogP contribution is -2.29. The first-order valence-corrected chi connectivity index (χ1v) is 6.87. The normalized spacial score (nSPS) is 16.2. The Kier molecular flexibility index (Phi) is 5.15. The summed E-state index contributed by atoms with van der Waals surface area (Å²) in [4.78, 5) is 15.7. The summed E-state index contributed by atoms with van der Waals surface area (Å²) in [7, 11) is 0. The molecule has 0 unspecified atom stereocenters. The second-order valence-corrected chi connectivity index (χ2v) is 4.86. The van der Waals surface area contributed by atoms with E-state index in [4.69, 9.17) is 10.5 Å². The zero-order valence-electron chi connectivity index (χ0n) is 11.1. The Labute approximate surface area is 113 Å². The van der Waals surface area contributed by atoms with Gasteiger partial charge < -0.3 is 15.8 Å². The van der Waals surface area contributed by atoms with Crippen LogP contribution in [0, 0.1) is 0 Å². The topological polar surface area (TPSA) is 77.2 Å². The van der Waals surface area contributed by atoms with E-state index in [9.17, 15) is 4.79 Å². The summed E-state index contributed by atoms with van der Waals surface area (Å²) >= 11 is 0. The number of nitrogens with one attached hydrogen (secondary N) is 1. The average molecular weight is 263 g/mol. The van der Waals surface area contributed by atoms with E-state index in [1.54, 1.807) is 12.1 Å². The number of rotatable bonds is 5. The summed E-state index contributed by atoms with van der Waals surface area (Å²) in [6, 6.07) is 3.22. The molecule has 2 rings (SSSR count). The number of hydrogen-bond acceptors (Lipinski definition) is 4. The van der Waals surface area contributed by atoms with Crippen molar-refractivity contribution in [2.45, 2.75) is 38.2 Å². The zero-order valence-corrected chi connectivity index (χ0v) is 11.1. The van der Waals surface area contributed by atoms with E-state index in [2.05, 4.69) is 10.3 Å². The molecule has 19 heavy (non-hydrogen) atoms. The fourth-order valence-electron chi connectivity index (χ4n) is 2.28. The first-order valence-electron chi connectivity index (χ1n) is 6.87.